The van der Waals surface area contributed by atoms with Crippen molar-refractivity contribution in [3.8, 4) is 5.75 Å². The highest BCUT2D eigenvalue weighted by Gasteiger charge is 2.12. The minimum absolute atomic E-state index is 0.219. The number of halogens is 2. The molecular formula is C12H7Cl2NO2. The van der Waals surface area contributed by atoms with Gasteiger partial charge in [-0.15, -0.1) is 0 Å². The van der Waals surface area contributed by atoms with Gasteiger partial charge in [-0.25, -0.2) is 4.79 Å². The van der Waals surface area contributed by atoms with E-state index in [0.717, 1.165) is 0 Å². The van der Waals surface area contributed by atoms with Crippen LogP contribution in [0.3, 0.4) is 0 Å². The van der Waals surface area contributed by atoms with Crippen LogP contribution < -0.4 is 4.74 Å². The van der Waals surface area contributed by atoms with Crippen molar-refractivity contribution in [3.63, 3.8) is 0 Å². The molecule has 0 bridgehead atoms. The van der Waals surface area contributed by atoms with Crippen LogP contribution in [-0.2, 0) is 0 Å². The third-order valence-corrected chi connectivity index (χ3v) is 2.84. The van der Waals surface area contributed by atoms with Gasteiger partial charge in [0.15, 0.2) is 5.75 Å². The summed E-state index contributed by atoms with van der Waals surface area (Å²) >= 11 is 11.7. The standard InChI is InChI=1S/C12H7Cl2NO2/c13-9-2-1-3-10(11(9)14)17-12(16)8-4-6-15-7-5-8/h1-7H. The molecule has 5 heteroatoms. The van der Waals surface area contributed by atoms with Crippen molar-refractivity contribution in [2.24, 2.45) is 0 Å². The Morgan fingerprint density at radius 3 is 2.53 bits per heavy atom. The van der Waals surface area contributed by atoms with E-state index in [1.807, 2.05) is 0 Å². The lowest BCUT2D eigenvalue weighted by molar-refractivity contribution is 0.0735. The summed E-state index contributed by atoms with van der Waals surface area (Å²) in [4.78, 5) is 15.5. The van der Waals surface area contributed by atoms with Crippen molar-refractivity contribution in [1.82, 2.24) is 4.98 Å². The Kier molecular flexibility index (Phi) is 3.61. The van der Waals surface area contributed by atoms with E-state index in [9.17, 15) is 4.79 Å². The van der Waals surface area contributed by atoms with E-state index < -0.39 is 5.97 Å². The van der Waals surface area contributed by atoms with E-state index in [2.05, 4.69) is 4.98 Å². The number of benzene rings is 1. The molecular weight excluding hydrogens is 261 g/mol. The number of pyridine rings is 1. The largest absolute Gasteiger partial charge is 0.421 e. The first kappa shape index (κ1) is 11.9. The maximum Gasteiger partial charge on any atom is 0.343 e. The Hall–Kier alpha value is -1.58. The summed E-state index contributed by atoms with van der Waals surface area (Å²) in [6.07, 6.45) is 3.02. The third-order valence-electron chi connectivity index (χ3n) is 2.03. The van der Waals surface area contributed by atoms with Gasteiger partial charge in [0.05, 0.1) is 10.6 Å². The van der Waals surface area contributed by atoms with Crippen LogP contribution in [0.1, 0.15) is 10.4 Å². The molecule has 0 saturated carbocycles. The predicted molar refractivity (Wildman–Crippen MR) is 65.7 cm³/mol. The molecule has 2 aromatic rings. The molecule has 0 N–H and O–H groups in total. The first-order valence-electron chi connectivity index (χ1n) is 4.74. The molecule has 0 fully saturated rings. The Morgan fingerprint density at radius 1 is 1.12 bits per heavy atom. The maximum absolute atomic E-state index is 11.7. The van der Waals surface area contributed by atoms with Crippen LogP contribution in [0, 0.1) is 0 Å². The van der Waals surface area contributed by atoms with Gasteiger partial charge >= 0.3 is 5.97 Å². The topological polar surface area (TPSA) is 39.2 Å². The number of ether oxygens (including phenoxy) is 1. The van der Waals surface area contributed by atoms with E-state index >= 15 is 0 Å². The van der Waals surface area contributed by atoms with E-state index in [1.54, 1.807) is 30.3 Å². The van der Waals surface area contributed by atoms with Crippen LogP contribution in [-0.4, -0.2) is 11.0 Å². The smallest absolute Gasteiger partial charge is 0.343 e. The second-order valence-corrected chi connectivity index (χ2v) is 3.96. The molecule has 0 amide bonds. The minimum Gasteiger partial charge on any atom is -0.421 e. The van der Waals surface area contributed by atoms with Crippen molar-refractivity contribution in [1.29, 1.82) is 0 Å². The molecule has 0 saturated heterocycles. The number of esters is 1. The van der Waals surface area contributed by atoms with Crippen LogP contribution in [0.2, 0.25) is 10.0 Å². The van der Waals surface area contributed by atoms with Crippen molar-refractivity contribution >= 4 is 29.2 Å². The highest BCUT2D eigenvalue weighted by atomic mass is 35.5. The van der Waals surface area contributed by atoms with Gasteiger partial charge in [0.2, 0.25) is 0 Å². The van der Waals surface area contributed by atoms with Gasteiger partial charge in [0.25, 0.3) is 0 Å². The molecule has 1 heterocycles. The van der Waals surface area contributed by atoms with Crippen LogP contribution in [0.5, 0.6) is 5.75 Å². The number of nitrogens with zero attached hydrogens (tertiary/aromatic N) is 1. The summed E-state index contributed by atoms with van der Waals surface area (Å²) in [5.74, 6) is -0.266. The zero-order valence-electron chi connectivity index (χ0n) is 8.56. The van der Waals surface area contributed by atoms with Gasteiger partial charge in [0, 0.05) is 12.4 Å². The van der Waals surface area contributed by atoms with Crippen LogP contribution in [0.4, 0.5) is 0 Å². The molecule has 0 aliphatic carbocycles. The molecule has 86 valence electrons. The lowest BCUT2D eigenvalue weighted by Crippen LogP contribution is -2.08. The summed E-state index contributed by atoms with van der Waals surface area (Å²) < 4.78 is 5.13. The molecule has 17 heavy (non-hydrogen) atoms. The summed E-state index contributed by atoms with van der Waals surface area (Å²) in [6.45, 7) is 0. The number of hydrogen-bond donors (Lipinski definition) is 0. The van der Waals surface area contributed by atoms with Gasteiger partial charge in [-0.2, -0.15) is 0 Å². The Bertz CT molecular complexity index is 543. The summed E-state index contributed by atoms with van der Waals surface area (Å²) in [5, 5.41) is 0.559. The van der Waals surface area contributed by atoms with Gasteiger partial charge in [-0.1, -0.05) is 29.3 Å². The quantitative estimate of drug-likeness (QED) is 0.617. The zero-order valence-corrected chi connectivity index (χ0v) is 10.1. The molecule has 0 aliphatic rings. The first-order valence-corrected chi connectivity index (χ1v) is 5.50. The Morgan fingerprint density at radius 2 is 1.82 bits per heavy atom. The highest BCUT2D eigenvalue weighted by Crippen LogP contribution is 2.31. The lowest BCUT2D eigenvalue weighted by atomic mass is 10.3. The third kappa shape index (κ3) is 2.75. The molecule has 0 atom stereocenters. The molecule has 1 aromatic heterocycles. The lowest BCUT2D eigenvalue weighted by Gasteiger charge is -2.06. The molecule has 2 rings (SSSR count). The average molecular weight is 268 g/mol. The molecule has 0 aliphatic heterocycles. The molecule has 0 radical (unpaired) electrons. The van der Waals surface area contributed by atoms with Crippen LogP contribution in [0.15, 0.2) is 42.7 Å². The molecule has 1 aromatic carbocycles. The minimum atomic E-state index is -0.503. The van der Waals surface area contributed by atoms with Gasteiger partial charge in [0.1, 0.15) is 5.02 Å². The Balaban J connectivity index is 2.22. The fourth-order valence-electron chi connectivity index (χ4n) is 1.21. The Labute approximate surface area is 108 Å². The van der Waals surface area contributed by atoms with E-state index in [4.69, 9.17) is 27.9 Å². The number of carbonyl (C=O) groups excluding carboxylic acids is 1. The maximum atomic E-state index is 11.7. The summed E-state index contributed by atoms with van der Waals surface area (Å²) in [7, 11) is 0. The normalized spacial score (nSPS) is 10.0. The second kappa shape index (κ2) is 5.17. The number of carbonyl (C=O) groups is 1. The number of aromatic nitrogens is 1. The van der Waals surface area contributed by atoms with E-state index in [-0.39, 0.29) is 10.8 Å². The van der Waals surface area contributed by atoms with Crippen LogP contribution >= 0.6 is 23.2 Å². The fourth-order valence-corrected chi connectivity index (χ4v) is 1.54. The van der Waals surface area contributed by atoms with Gasteiger partial charge < -0.3 is 4.74 Å². The zero-order chi connectivity index (χ0) is 12.3. The van der Waals surface area contributed by atoms with E-state index in [1.165, 1.54) is 12.4 Å². The van der Waals surface area contributed by atoms with Crippen molar-refractivity contribution in [2.45, 2.75) is 0 Å². The van der Waals surface area contributed by atoms with Gasteiger partial charge in [-0.3, -0.25) is 4.98 Å². The number of rotatable bonds is 2. The monoisotopic (exact) mass is 267 g/mol. The molecule has 0 spiro atoms. The highest BCUT2D eigenvalue weighted by molar-refractivity contribution is 6.43. The number of hydrogen-bond acceptors (Lipinski definition) is 3. The SMILES string of the molecule is O=C(Oc1cccc(Cl)c1Cl)c1ccncc1. The summed E-state index contributed by atoms with van der Waals surface area (Å²) in [5.41, 5.74) is 0.399. The van der Waals surface area contributed by atoms with Crippen molar-refractivity contribution < 1.29 is 9.53 Å². The molecule has 3 nitrogen and oxygen atoms in total. The average Bonchev–Trinajstić information content (AvgIpc) is 2.36. The van der Waals surface area contributed by atoms with Gasteiger partial charge in [-0.05, 0) is 24.3 Å². The van der Waals surface area contributed by atoms with Crippen LogP contribution in [0.25, 0.3) is 0 Å². The molecule has 0 unspecified atom stereocenters. The second-order valence-electron chi connectivity index (χ2n) is 3.18. The summed E-state index contributed by atoms with van der Waals surface area (Å²) in [6, 6.07) is 7.96. The predicted octanol–water partition coefficient (Wildman–Crippen LogP) is 3.61. The van der Waals surface area contributed by atoms with Crippen molar-refractivity contribution in [3.05, 3.63) is 58.3 Å². The van der Waals surface area contributed by atoms with Crippen molar-refractivity contribution in [2.75, 3.05) is 0 Å². The fraction of sp³-hybridized carbons (Fsp3) is 0. The van der Waals surface area contributed by atoms with E-state index in [0.29, 0.717) is 10.6 Å². The first-order chi connectivity index (χ1) is 8.18.